The Bertz CT molecular complexity index is 442. The molecule has 0 saturated heterocycles. The fraction of sp³-hybridized carbons (Fsp3) is 0.533. The van der Waals surface area contributed by atoms with Crippen molar-refractivity contribution in [3.63, 3.8) is 0 Å². The minimum Gasteiger partial charge on any atom is -0.353 e. The molecule has 18 heavy (non-hydrogen) atoms. The lowest BCUT2D eigenvalue weighted by Crippen LogP contribution is -2.36. The molecule has 0 atom stereocenters. The predicted octanol–water partition coefficient (Wildman–Crippen LogP) is 2.37. The van der Waals surface area contributed by atoms with Gasteiger partial charge in [0.2, 0.25) is 5.91 Å². The molecule has 96 valence electrons. The summed E-state index contributed by atoms with van der Waals surface area (Å²) >= 11 is 4.35. The standard InChI is InChI=1S/C15H19NOS/c17-14(9-15(10-18)5-6-15)16-13-7-11-3-1-2-4-12(11)8-13/h1-4,13,18H,5-10H2,(H,16,17). The molecular formula is C15H19NOS. The monoisotopic (exact) mass is 261 g/mol. The molecule has 0 bridgehead atoms. The second-order valence-electron chi connectivity index (χ2n) is 5.78. The number of rotatable bonds is 4. The third kappa shape index (κ3) is 2.41. The number of benzene rings is 1. The third-order valence-electron chi connectivity index (χ3n) is 4.24. The molecular weight excluding hydrogens is 242 g/mol. The fourth-order valence-electron chi connectivity index (χ4n) is 2.85. The average molecular weight is 261 g/mol. The number of hydrogen-bond acceptors (Lipinski definition) is 2. The summed E-state index contributed by atoms with van der Waals surface area (Å²) in [5, 5.41) is 3.18. The molecule has 1 N–H and O–H groups in total. The average Bonchev–Trinajstić information content (AvgIpc) is 3.01. The highest BCUT2D eigenvalue weighted by Crippen LogP contribution is 2.49. The first-order chi connectivity index (χ1) is 8.71. The fourth-order valence-corrected chi connectivity index (χ4v) is 3.28. The van der Waals surface area contributed by atoms with E-state index in [0.717, 1.165) is 31.4 Å². The maximum Gasteiger partial charge on any atom is 0.220 e. The molecule has 0 aliphatic heterocycles. The molecule has 0 aromatic heterocycles. The van der Waals surface area contributed by atoms with Crippen LogP contribution in [0.15, 0.2) is 24.3 Å². The van der Waals surface area contributed by atoms with E-state index in [1.165, 1.54) is 11.1 Å². The van der Waals surface area contributed by atoms with Crippen molar-refractivity contribution in [2.24, 2.45) is 5.41 Å². The summed E-state index contributed by atoms with van der Waals surface area (Å²) in [7, 11) is 0. The van der Waals surface area contributed by atoms with Crippen molar-refractivity contribution in [3.05, 3.63) is 35.4 Å². The first kappa shape index (κ1) is 12.1. The van der Waals surface area contributed by atoms with Crippen molar-refractivity contribution in [1.82, 2.24) is 5.32 Å². The number of thiol groups is 1. The predicted molar refractivity (Wildman–Crippen MR) is 75.9 cm³/mol. The van der Waals surface area contributed by atoms with Crippen LogP contribution in [0.1, 0.15) is 30.4 Å². The van der Waals surface area contributed by atoms with Crippen LogP contribution in [0.3, 0.4) is 0 Å². The largest absolute Gasteiger partial charge is 0.353 e. The van der Waals surface area contributed by atoms with Gasteiger partial charge in [0.1, 0.15) is 0 Å². The zero-order valence-electron chi connectivity index (χ0n) is 10.5. The van der Waals surface area contributed by atoms with Gasteiger partial charge in [0, 0.05) is 12.5 Å². The molecule has 3 rings (SSSR count). The maximum absolute atomic E-state index is 12.0. The number of carbonyl (C=O) groups excluding carboxylic acids is 1. The number of hydrogen-bond donors (Lipinski definition) is 2. The van der Waals surface area contributed by atoms with Crippen molar-refractivity contribution in [2.45, 2.75) is 38.1 Å². The van der Waals surface area contributed by atoms with E-state index in [-0.39, 0.29) is 11.3 Å². The van der Waals surface area contributed by atoms with Gasteiger partial charge in [-0.2, -0.15) is 12.6 Å². The molecule has 1 aromatic rings. The lowest BCUT2D eigenvalue weighted by molar-refractivity contribution is -0.122. The van der Waals surface area contributed by atoms with Gasteiger partial charge in [-0.3, -0.25) is 4.79 Å². The van der Waals surface area contributed by atoms with E-state index in [2.05, 4.69) is 42.2 Å². The molecule has 2 aliphatic carbocycles. The quantitative estimate of drug-likeness (QED) is 0.801. The number of carbonyl (C=O) groups is 1. The van der Waals surface area contributed by atoms with Crippen LogP contribution in [0.25, 0.3) is 0 Å². The van der Waals surface area contributed by atoms with Crippen LogP contribution in [0.4, 0.5) is 0 Å². The molecule has 3 heteroatoms. The van der Waals surface area contributed by atoms with Gasteiger partial charge in [-0.25, -0.2) is 0 Å². The van der Waals surface area contributed by atoms with Crippen LogP contribution in [-0.2, 0) is 17.6 Å². The molecule has 0 spiro atoms. The van der Waals surface area contributed by atoms with Gasteiger partial charge in [0.25, 0.3) is 0 Å². The van der Waals surface area contributed by atoms with E-state index >= 15 is 0 Å². The number of nitrogens with one attached hydrogen (secondary N) is 1. The third-order valence-corrected chi connectivity index (χ3v) is 4.92. The molecule has 1 saturated carbocycles. The minimum atomic E-state index is 0.208. The Morgan fingerprint density at radius 2 is 1.89 bits per heavy atom. The SMILES string of the molecule is O=C(CC1(CS)CC1)NC1Cc2ccccc2C1. The summed E-state index contributed by atoms with van der Waals surface area (Å²) < 4.78 is 0. The molecule has 2 nitrogen and oxygen atoms in total. The zero-order valence-corrected chi connectivity index (χ0v) is 11.4. The molecule has 0 unspecified atom stereocenters. The topological polar surface area (TPSA) is 29.1 Å². The van der Waals surface area contributed by atoms with Crippen LogP contribution in [0.5, 0.6) is 0 Å². The Kier molecular flexibility index (Phi) is 3.10. The van der Waals surface area contributed by atoms with Crippen LogP contribution in [0.2, 0.25) is 0 Å². The lowest BCUT2D eigenvalue weighted by atomic mass is 10.0. The maximum atomic E-state index is 12.0. The summed E-state index contributed by atoms with van der Waals surface area (Å²) in [6, 6.07) is 8.77. The van der Waals surface area contributed by atoms with Gasteiger partial charge in [-0.15, -0.1) is 0 Å². The molecule has 0 heterocycles. The van der Waals surface area contributed by atoms with Gasteiger partial charge < -0.3 is 5.32 Å². The highest BCUT2D eigenvalue weighted by molar-refractivity contribution is 7.80. The Hall–Kier alpha value is -0.960. The number of amides is 1. The Labute approximate surface area is 114 Å². The Morgan fingerprint density at radius 1 is 1.28 bits per heavy atom. The van der Waals surface area contributed by atoms with Gasteiger partial charge in [0.15, 0.2) is 0 Å². The van der Waals surface area contributed by atoms with E-state index < -0.39 is 0 Å². The van der Waals surface area contributed by atoms with Gasteiger partial charge in [0.05, 0.1) is 0 Å². The normalized spacial score (nSPS) is 20.5. The smallest absolute Gasteiger partial charge is 0.220 e. The minimum absolute atomic E-state index is 0.208. The second-order valence-corrected chi connectivity index (χ2v) is 6.09. The summed E-state index contributed by atoms with van der Waals surface area (Å²) in [5.41, 5.74) is 3.00. The van der Waals surface area contributed by atoms with Gasteiger partial charge >= 0.3 is 0 Å². The highest BCUT2D eigenvalue weighted by atomic mass is 32.1. The van der Waals surface area contributed by atoms with E-state index in [1.54, 1.807) is 0 Å². The van der Waals surface area contributed by atoms with Crippen molar-refractivity contribution in [2.75, 3.05) is 5.75 Å². The molecule has 0 radical (unpaired) electrons. The van der Waals surface area contributed by atoms with Crippen LogP contribution >= 0.6 is 12.6 Å². The Balaban J connectivity index is 1.55. The van der Waals surface area contributed by atoms with Crippen LogP contribution < -0.4 is 5.32 Å². The van der Waals surface area contributed by atoms with Crippen LogP contribution in [0, 0.1) is 5.41 Å². The van der Waals surface area contributed by atoms with E-state index in [1.807, 2.05) is 0 Å². The van der Waals surface area contributed by atoms with Crippen molar-refractivity contribution in [1.29, 1.82) is 0 Å². The molecule has 1 aromatic carbocycles. The summed E-state index contributed by atoms with van der Waals surface area (Å²) in [5.74, 6) is 1.05. The highest BCUT2D eigenvalue weighted by Gasteiger charge is 2.43. The second kappa shape index (κ2) is 4.61. The first-order valence-corrected chi connectivity index (χ1v) is 7.31. The summed E-state index contributed by atoms with van der Waals surface area (Å²) in [6.07, 6.45) is 4.94. The van der Waals surface area contributed by atoms with Crippen molar-refractivity contribution < 1.29 is 4.79 Å². The molecule has 1 amide bonds. The zero-order chi connectivity index (χ0) is 12.6. The van der Waals surface area contributed by atoms with Crippen molar-refractivity contribution in [3.8, 4) is 0 Å². The van der Waals surface area contributed by atoms with E-state index in [9.17, 15) is 4.79 Å². The summed E-state index contributed by atoms with van der Waals surface area (Å²) in [4.78, 5) is 12.0. The van der Waals surface area contributed by atoms with Gasteiger partial charge in [-0.1, -0.05) is 24.3 Å². The Morgan fingerprint density at radius 3 is 2.39 bits per heavy atom. The summed E-state index contributed by atoms with van der Waals surface area (Å²) in [6.45, 7) is 0. The van der Waals surface area contributed by atoms with E-state index in [0.29, 0.717) is 12.5 Å². The molecule has 1 fully saturated rings. The first-order valence-electron chi connectivity index (χ1n) is 6.68. The number of fused-ring (bicyclic) bond motifs is 1. The van der Waals surface area contributed by atoms with Gasteiger partial charge in [-0.05, 0) is 48.0 Å². The van der Waals surface area contributed by atoms with Crippen molar-refractivity contribution >= 4 is 18.5 Å². The lowest BCUT2D eigenvalue weighted by Gasteiger charge is -2.15. The molecule has 2 aliphatic rings. The van der Waals surface area contributed by atoms with Crippen LogP contribution in [-0.4, -0.2) is 17.7 Å². The van der Waals surface area contributed by atoms with E-state index in [4.69, 9.17) is 0 Å².